The van der Waals surface area contributed by atoms with Crippen molar-refractivity contribution in [1.29, 1.82) is 0 Å². The van der Waals surface area contributed by atoms with Gasteiger partial charge in [0, 0.05) is 45.6 Å². The normalized spacial score (nSPS) is 12.7. The Labute approximate surface area is 99.8 Å². The molecule has 17 heavy (non-hydrogen) atoms. The van der Waals surface area contributed by atoms with Crippen LogP contribution in [0, 0.1) is 0 Å². The van der Waals surface area contributed by atoms with Crippen LogP contribution < -0.4 is 16.6 Å². The maximum atomic E-state index is 11.8. The van der Waals surface area contributed by atoms with Crippen LogP contribution in [0.3, 0.4) is 0 Å². The lowest BCUT2D eigenvalue weighted by molar-refractivity contribution is 0.171. The Hall–Kier alpha value is -1.40. The summed E-state index contributed by atoms with van der Waals surface area (Å²) in [6, 6.07) is 0.155. The predicted octanol–water partition coefficient (Wildman–Crippen LogP) is -0.791. The number of aromatic nitrogens is 2. The van der Waals surface area contributed by atoms with Crippen LogP contribution in [0.5, 0.6) is 0 Å². The molecule has 0 aromatic carbocycles. The highest BCUT2D eigenvalue weighted by atomic mass is 16.5. The molecule has 0 spiro atoms. The molecule has 1 aromatic rings. The van der Waals surface area contributed by atoms with E-state index in [0.717, 1.165) is 4.57 Å². The van der Waals surface area contributed by atoms with Gasteiger partial charge >= 0.3 is 5.69 Å². The van der Waals surface area contributed by atoms with Crippen LogP contribution in [-0.4, -0.2) is 28.9 Å². The molecule has 0 saturated heterocycles. The molecule has 0 bridgehead atoms. The highest BCUT2D eigenvalue weighted by molar-refractivity contribution is 5.05. The Bertz CT molecular complexity index is 490. The van der Waals surface area contributed by atoms with Crippen LogP contribution in [0.25, 0.3) is 0 Å². The lowest BCUT2D eigenvalue weighted by Gasteiger charge is -2.13. The van der Waals surface area contributed by atoms with Crippen molar-refractivity contribution in [3.8, 4) is 0 Å². The molecule has 0 aliphatic heterocycles. The van der Waals surface area contributed by atoms with Crippen LogP contribution in [0.15, 0.2) is 15.8 Å². The van der Waals surface area contributed by atoms with E-state index in [1.165, 1.54) is 11.6 Å². The third-order valence-electron chi connectivity index (χ3n) is 2.58. The summed E-state index contributed by atoms with van der Waals surface area (Å²) < 4.78 is 7.50. The molecule has 1 unspecified atom stereocenters. The van der Waals surface area contributed by atoms with Gasteiger partial charge in [0.15, 0.2) is 0 Å². The molecule has 1 heterocycles. The minimum Gasteiger partial charge on any atom is -0.383 e. The van der Waals surface area contributed by atoms with Crippen LogP contribution in [-0.2, 0) is 25.4 Å². The van der Waals surface area contributed by atoms with Crippen LogP contribution in [0.4, 0.5) is 0 Å². The molecule has 0 radical (unpaired) electrons. The van der Waals surface area contributed by atoms with Gasteiger partial charge in [-0.3, -0.25) is 9.36 Å². The van der Waals surface area contributed by atoms with Gasteiger partial charge in [0.25, 0.3) is 5.56 Å². The topological polar surface area (TPSA) is 65.3 Å². The van der Waals surface area contributed by atoms with Crippen molar-refractivity contribution in [2.75, 3.05) is 13.7 Å². The lowest BCUT2D eigenvalue weighted by Crippen LogP contribution is -2.40. The summed E-state index contributed by atoms with van der Waals surface area (Å²) >= 11 is 0. The molecular formula is C11H19N3O3. The van der Waals surface area contributed by atoms with Gasteiger partial charge in [-0.25, -0.2) is 4.79 Å². The molecule has 0 saturated carbocycles. The summed E-state index contributed by atoms with van der Waals surface area (Å²) in [5.74, 6) is 0. The first-order valence-corrected chi connectivity index (χ1v) is 5.45. The highest BCUT2D eigenvalue weighted by Gasteiger charge is 2.08. The largest absolute Gasteiger partial charge is 0.383 e. The molecule has 1 aromatic heterocycles. The molecule has 0 aliphatic carbocycles. The molecule has 1 N–H and O–H groups in total. The van der Waals surface area contributed by atoms with Crippen molar-refractivity contribution in [2.45, 2.75) is 19.5 Å². The maximum absolute atomic E-state index is 11.8. The fourth-order valence-electron chi connectivity index (χ4n) is 1.60. The van der Waals surface area contributed by atoms with Crippen LogP contribution in [0.2, 0.25) is 0 Å². The fraction of sp³-hybridized carbons (Fsp3) is 0.636. The SMILES string of the molecule is COCC(C)NCc1cn(C)c(=O)n(C)c1=O. The molecular weight excluding hydrogens is 222 g/mol. The number of methoxy groups -OCH3 is 1. The smallest absolute Gasteiger partial charge is 0.330 e. The summed E-state index contributed by atoms with van der Waals surface area (Å²) in [5, 5.41) is 3.16. The summed E-state index contributed by atoms with van der Waals surface area (Å²) in [4.78, 5) is 23.3. The second-order valence-corrected chi connectivity index (χ2v) is 4.15. The zero-order chi connectivity index (χ0) is 13.0. The Balaban J connectivity index is 2.86. The van der Waals surface area contributed by atoms with E-state index in [1.807, 2.05) is 6.92 Å². The number of ether oxygens (including phenoxy) is 1. The second kappa shape index (κ2) is 5.79. The van der Waals surface area contributed by atoms with Crippen molar-refractivity contribution >= 4 is 0 Å². The summed E-state index contributed by atoms with van der Waals surface area (Å²) in [6.45, 7) is 2.97. The van der Waals surface area contributed by atoms with Crippen LogP contribution >= 0.6 is 0 Å². The molecule has 96 valence electrons. The van der Waals surface area contributed by atoms with Crippen molar-refractivity contribution in [2.24, 2.45) is 14.1 Å². The monoisotopic (exact) mass is 241 g/mol. The molecule has 0 aliphatic rings. The second-order valence-electron chi connectivity index (χ2n) is 4.15. The first kappa shape index (κ1) is 13.7. The van der Waals surface area contributed by atoms with Gasteiger partial charge in [-0.2, -0.15) is 0 Å². The van der Waals surface area contributed by atoms with Gasteiger partial charge in [0.05, 0.1) is 6.61 Å². The zero-order valence-corrected chi connectivity index (χ0v) is 10.7. The Morgan fingerprint density at radius 1 is 1.41 bits per heavy atom. The average molecular weight is 241 g/mol. The minimum absolute atomic E-state index is 0.155. The van der Waals surface area contributed by atoms with Gasteiger partial charge in [0.1, 0.15) is 0 Å². The lowest BCUT2D eigenvalue weighted by atomic mass is 10.3. The number of aryl methyl sites for hydroxylation is 1. The maximum Gasteiger partial charge on any atom is 0.330 e. The standard InChI is InChI=1S/C11H19N3O3/c1-8(7-17-4)12-5-9-6-13(2)11(16)14(3)10(9)15/h6,8,12H,5,7H2,1-4H3. The molecule has 6 heteroatoms. The Morgan fingerprint density at radius 3 is 2.65 bits per heavy atom. The Morgan fingerprint density at radius 2 is 2.06 bits per heavy atom. The number of hydrogen-bond acceptors (Lipinski definition) is 4. The molecule has 6 nitrogen and oxygen atoms in total. The number of nitrogens with one attached hydrogen (secondary N) is 1. The van der Waals surface area contributed by atoms with E-state index in [1.54, 1.807) is 20.4 Å². The molecule has 1 atom stereocenters. The predicted molar refractivity (Wildman–Crippen MR) is 65.1 cm³/mol. The van der Waals surface area contributed by atoms with Gasteiger partial charge in [-0.05, 0) is 6.92 Å². The van der Waals surface area contributed by atoms with Crippen molar-refractivity contribution in [3.63, 3.8) is 0 Å². The number of hydrogen-bond donors (Lipinski definition) is 1. The summed E-state index contributed by atoms with van der Waals surface area (Å²) in [7, 11) is 4.74. The number of rotatable bonds is 5. The van der Waals surface area contributed by atoms with E-state index in [4.69, 9.17) is 4.74 Å². The van der Waals surface area contributed by atoms with E-state index < -0.39 is 0 Å². The van der Waals surface area contributed by atoms with E-state index >= 15 is 0 Å². The molecule has 1 rings (SSSR count). The zero-order valence-electron chi connectivity index (χ0n) is 10.7. The van der Waals surface area contributed by atoms with Gasteiger partial charge < -0.3 is 14.6 Å². The first-order valence-electron chi connectivity index (χ1n) is 5.45. The molecule has 0 amide bonds. The third kappa shape index (κ3) is 3.28. The van der Waals surface area contributed by atoms with Gasteiger partial charge in [0.2, 0.25) is 0 Å². The van der Waals surface area contributed by atoms with E-state index in [-0.39, 0.29) is 17.3 Å². The van der Waals surface area contributed by atoms with E-state index in [2.05, 4.69) is 5.32 Å². The van der Waals surface area contributed by atoms with Gasteiger partial charge in [-0.1, -0.05) is 0 Å². The first-order chi connectivity index (χ1) is 7.97. The summed E-state index contributed by atoms with van der Waals surface area (Å²) in [6.07, 6.45) is 1.57. The van der Waals surface area contributed by atoms with Crippen molar-refractivity contribution < 1.29 is 4.74 Å². The Kier molecular flexibility index (Phi) is 4.65. The minimum atomic E-state index is -0.316. The van der Waals surface area contributed by atoms with E-state index in [9.17, 15) is 9.59 Å². The average Bonchev–Trinajstić information content (AvgIpc) is 2.30. The quantitative estimate of drug-likeness (QED) is 0.733. The van der Waals surface area contributed by atoms with Gasteiger partial charge in [-0.15, -0.1) is 0 Å². The highest BCUT2D eigenvalue weighted by Crippen LogP contribution is 1.90. The number of nitrogens with zero attached hydrogens (tertiary/aromatic N) is 2. The van der Waals surface area contributed by atoms with E-state index in [0.29, 0.717) is 18.7 Å². The van der Waals surface area contributed by atoms with Crippen molar-refractivity contribution in [1.82, 2.24) is 14.5 Å². The van der Waals surface area contributed by atoms with Crippen molar-refractivity contribution in [3.05, 3.63) is 32.6 Å². The fourth-order valence-corrected chi connectivity index (χ4v) is 1.60. The van der Waals surface area contributed by atoms with Crippen LogP contribution in [0.1, 0.15) is 12.5 Å². The summed E-state index contributed by atoms with van der Waals surface area (Å²) in [5.41, 5.74) is -0.00791. The third-order valence-corrected chi connectivity index (χ3v) is 2.58. The molecule has 0 fully saturated rings.